The topological polar surface area (TPSA) is 66.9 Å². The number of carbonyl (C=O) groups is 1. The van der Waals surface area contributed by atoms with E-state index in [2.05, 4.69) is 53.5 Å². The highest BCUT2D eigenvalue weighted by Crippen LogP contribution is 2.24. The Kier molecular flexibility index (Phi) is 5.54. The first-order valence-corrected chi connectivity index (χ1v) is 8.30. The van der Waals surface area contributed by atoms with Crippen molar-refractivity contribution in [3.05, 3.63) is 47.8 Å². The second kappa shape index (κ2) is 7.43. The molecule has 2 aromatic rings. The minimum atomic E-state index is -0.148. The maximum absolute atomic E-state index is 12.0. The number of carbonyl (C=O) groups excluding carboxylic acids is 1. The summed E-state index contributed by atoms with van der Waals surface area (Å²) in [7, 11) is 0. The van der Waals surface area contributed by atoms with Crippen LogP contribution in [0.5, 0.6) is 0 Å². The summed E-state index contributed by atoms with van der Waals surface area (Å²) in [4.78, 5) is 20.4. The molecule has 5 nitrogen and oxygen atoms in total. The van der Waals surface area contributed by atoms with Crippen molar-refractivity contribution in [1.29, 1.82) is 0 Å². The number of nitrogens with one attached hydrogen (secondary N) is 2. The van der Waals surface area contributed by atoms with Crippen molar-refractivity contribution in [2.45, 2.75) is 52.5 Å². The van der Waals surface area contributed by atoms with Crippen molar-refractivity contribution in [2.24, 2.45) is 0 Å². The van der Waals surface area contributed by atoms with Gasteiger partial charge in [-0.05, 0) is 36.5 Å². The van der Waals surface area contributed by atoms with E-state index in [4.69, 9.17) is 0 Å². The molecule has 1 atom stereocenters. The quantitative estimate of drug-likeness (QED) is 0.870. The van der Waals surface area contributed by atoms with Gasteiger partial charge in [0.15, 0.2) is 0 Å². The molecule has 1 heterocycles. The van der Waals surface area contributed by atoms with Gasteiger partial charge in [-0.3, -0.25) is 4.79 Å². The highest BCUT2D eigenvalue weighted by atomic mass is 16.1. The van der Waals surface area contributed by atoms with Crippen LogP contribution < -0.4 is 10.6 Å². The van der Waals surface area contributed by atoms with Gasteiger partial charge in [0.05, 0.1) is 5.56 Å². The monoisotopic (exact) mass is 326 g/mol. The third-order valence-corrected chi connectivity index (χ3v) is 3.91. The highest BCUT2D eigenvalue weighted by molar-refractivity contribution is 5.93. The lowest BCUT2D eigenvalue weighted by molar-refractivity contribution is 0.0938. The molecular formula is C19H26N4O. The van der Waals surface area contributed by atoms with Gasteiger partial charge in [-0.2, -0.15) is 0 Å². The number of amides is 1. The molecule has 0 aliphatic heterocycles. The molecule has 2 N–H and O–H groups in total. The Hall–Kier alpha value is -2.43. The molecule has 1 unspecified atom stereocenters. The molecular weight excluding hydrogens is 300 g/mol. The lowest BCUT2D eigenvalue weighted by atomic mass is 9.87. The Morgan fingerprint density at radius 3 is 2.21 bits per heavy atom. The normalized spacial score (nSPS) is 12.5. The minimum Gasteiger partial charge on any atom is -0.350 e. The molecule has 1 aromatic carbocycles. The second-order valence-corrected chi connectivity index (χ2v) is 7.03. The van der Waals surface area contributed by atoms with Gasteiger partial charge in [0.2, 0.25) is 5.95 Å². The summed E-state index contributed by atoms with van der Waals surface area (Å²) in [6.45, 7) is 10.5. The van der Waals surface area contributed by atoms with E-state index >= 15 is 0 Å². The van der Waals surface area contributed by atoms with E-state index in [0.717, 1.165) is 12.1 Å². The van der Waals surface area contributed by atoms with E-state index in [-0.39, 0.29) is 17.4 Å². The zero-order valence-corrected chi connectivity index (χ0v) is 15.1. The number of rotatable bonds is 5. The molecule has 24 heavy (non-hydrogen) atoms. The van der Waals surface area contributed by atoms with Crippen LogP contribution in [-0.4, -0.2) is 21.9 Å². The molecule has 0 fully saturated rings. The van der Waals surface area contributed by atoms with Gasteiger partial charge in [0.25, 0.3) is 5.91 Å². The summed E-state index contributed by atoms with van der Waals surface area (Å²) in [5.74, 6) is 0.323. The lowest BCUT2D eigenvalue weighted by Crippen LogP contribution is -2.32. The summed E-state index contributed by atoms with van der Waals surface area (Å²) in [5, 5.41) is 6.04. The van der Waals surface area contributed by atoms with Crippen LogP contribution >= 0.6 is 0 Å². The molecule has 0 aliphatic rings. The number of anilines is 2. The van der Waals surface area contributed by atoms with Crippen LogP contribution in [-0.2, 0) is 5.41 Å². The predicted molar refractivity (Wildman–Crippen MR) is 97.7 cm³/mol. The fourth-order valence-corrected chi connectivity index (χ4v) is 2.10. The van der Waals surface area contributed by atoms with Crippen molar-refractivity contribution in [3.8, 4) is 0 Å². The van der Waals surface area contributed by atoms with Gasteiger partial charge in [0, 0.05) is 24.1 Å². The van der Waals surface area contributed by atoms with Crippen LogP contribution in [0.2, 0.25) is 0 Å². The zero-order valence-electron chi connectivity index (χ0n) is 15.1. The first kappa shape index (κ1) is 17.9. The lowest BCUT2D eigenvalue weighted by Gasteiger charge is -2.19. The average molecular weight is 326 g/mol. The third-order valence-electron chi connectivity index (χ3n) is 3.91. The molecule has 1 amide bonds. The highest BCUT2D eigenvalue weighted by Gasteiger charge is 2.13. The molecule has 0 saturated carbocycles. The molecule has 0 spiro atoms. The van der Waals surface area contributed by atoms with E-state index in [1.165, 1.54) is 18.0 Å². The maximum Gasteiger partial charge on any atom is 0.254 e. The first-order valence-electron chi connectivity index (χ1n) is 8.30. The van der Waals surface area contributed by atoms with Gasteiger partial charge in [-0.15, -0.1) is 0 Å². The summed E-state index contributed by atoms with van der Waals surface area (Å²) in [6.07, 6.45) is 3.96. The van der Waals surface area contributed by atoms with Gasteiger partial charge < -0.3 is 10.6 Å². The Bertz CT molecular complexity index is 672. The Balaban J connectivity index is 2.02. The molecule has 2 rings (SSSR count). The molecule has 0 bridgehead atoms. The van der Waals surface area contributed by atoms with Gasteiger partial charge in [0.1, 0.15) is 0 Å². The number of aromatic nitrogens is 2. The van der Waals surface area contributed by atoms with E-state index in [9.17, 15) is 4.79 Å². The molecule has 0 radical (unpaired) electrons. The van der Waals surface area contributed by atoms with Crippen LogP contribution in [0.25, 0.3) is 0 Å². The Morgan fingerprint density at radius 2 is 1.71 bits per heavy atom. The Morgan fingerprint density at radius 1 is 1.12 bits per heavy atom. The number of hydrogen-bond donors (Lipinski definition) is 2. The summed E-state index contributed by atoms with van der Waals surface area (Å²) in [6, 6.07) is 8.34. The van der Waals surface area contributed by atoms with Crippen LogP contribution in [0.1, 0.15) is 57.0 Å². The van der Waals surface area contributed by atoms with Gasteiger partial charge in [-0.25, -0.2) is 9.97 Å². The number of nitrogens with zero attached hydrogens (tertiary/aromatic N) is 2. The van der Waals surface area contributed by atoms with Gasteiger partial charge in [-0.1, -0.05) is 39.8 Å². The van der Waals surface area contributed by atoms with Crippen molar-refractivity contribution < 1.29 is 4.79 Å². The van der Waals surface area contributed by atoms with E-state index < -0.39 is 0 Å². The molecule has 128 valence electrons. The third kappa shape index (κ3) is 4.78. The van der Waals surface area contributed by atoms with E-state index in [1.54, 1.807) is 0 Å². The summed E-state index contributed by atoms with van der Waals surface area (Å²) >= 11 is 0. The molecule has 0 aliphatic carbocycles. The van der Waals surface area contributed by atoms with Crippen molar-refractivity contribution in [3.63, 3.8) is 0 Å². The number of benzene rings is 1. The second-order valence-electron chi connectivity index (χ2n) is 7.03. The fraction of sp³-hybridized carbons (Fsp3) is 0.421. The van der Waals surface area contributed by atoms with Crippen molar-refractivity contribution in [2.75, 3.05) is 5.32 Å². The average Bonchev–Trinajstić information content (AvgIpc) is 2.55. The fourth-order valence-electron chi connectivity index (χ4n) is 2.10. The van der Waals surface area contributed by atoms with Crippen LogP contribution in [0, 0.1) is 0 Å². The Labute approximate surface area is 143 Å². The first-order chi connectivity index (χ1) is 11.3. The zero-order chi connectivity index (χ0) is 17.7. The number of hydrogen-bond acceptors (Lipinski definition) is 4. The van der Waals surface area contributed by atoms with E-state index in [0.29, 0.717) is 11.5 Å². The molecule has 0 saturated heterocycles. The summed E-state index contributed by atoms with van der Waals surface area (Å²) in [5.41, 5.74) is 2.77. The standard InChI is InChI=1S/C19H26N4O/c1-6-13(2)22-17(24)14-11-20-18(21-12-14)23-16-9-7-15(8-10-16)19(3,4)5/h7-13H,6H2,1-5H3,(H,22,24)(H,20,21,23). The predicted octanol–water partition coefficient (Wildman–Crippen LogP) is 4.05. The maximum atomic E-state index is 12.0. The van der Waals surface area contributed by atoms with Crippen LogP contribution in [0.3, 0.4) is 0 Å². The van der Waals surface area contributed by atoms with Crippen molar-refractivity contribution in [1.82, 2.24) is 15.3 Å². The summed E-state index contributed by atoms with van der Waals surface area (Å²) < 4.78 is 0. The van der Waals surface area contributed by atoms with Crippen molar-refractivity contribution >= 4 is 17.5 Å². The van der Waals surface area contributed by atoms with Gasteiger partial charge >= 0.3 is 0 Å². The molecule has 1 aromatic heterocycles. The van der Waals surface area contributed by atoms with Crippen LogP contribution in [0.15, 0.2) is 36.7 Å². The van der Waals surface area contributed by atoms with E-state index in [1.807, 2.05) is 26.0 Å². The SMILES string of the molecule is CCC(C)NC(=O)c1cnc(Nc2ccc(C(C)(C)C)cc2)nc1. The molecule has 5 heteroatoms. The smallest absolute Gasteiger partial charge is 0.254 e. The minimum absolute atomic E-state index is 0.125. The largest absolute Gasteiger partial charge is 0.350 e. The van der Waals surface area contributed by atoms with Crippen LogP contribution in [0.4, 0.5) is 11.6 Å².